The first-order valence-corrected chi connectivity index (χ1v) is 6.78. The number of benzene rings is 1. The van der Waals surface area contributed by atoms with Gasteiger partial charge in [0.25, 0.3) is 0 Å². The third-order valence-electron chi connectivity index (χ3n) is 3.04. The SMILES string of the molecule is O=C(CCNC1CC1)NCc1ccccc1OC(F)(F)F. The van der Waals surface area contributed by atoms with E-state index in [1.165, 1.54) is 18.2 Å². The van der Waals surface area contributed by atoms with Gasteiger partial charge in [-0.05, 0) is 18.9 Å². The van der Waals surface area contributed by atoms with Crippen molar-refractivity contribution in [2.45, 2.75) is 38.2 Å². The van der Waals surface area contributed by atoms with E-state index in [1.807, 2.05) is 0 Å². The molecule has 1 aliphatic rings. The van der Waals surface area contributed by atoms with Gasteiger partial charge >= 0.3 is 6.36 Å². The molecule has 0 aromatic heterocycles. The van der Waals surface area contributed by atoms with Crippen molar-refractivity contribution < 1.29 is 22.7 Å². The molecule has 1 aromatic rings. The molecule has 2 N–H and O–H groups in total. The summed E-state index contributed by atoms with van der Waals surface area (Å²) in [5.74, 6) is -0.494. The average molecular weight is 302 g/mol. The number of alkyl halides is 3. The van der Waals surface area contributed by atoms with Crippen molar-refractivity contribution in [3.63, 3.8) is 0 Å². The van der Waals surface area contributed by atoms with Crippen LogP contribution in [0.15, 0.2) is 24.3 Å². The molecule has 4 nitrogen and oxygen atoms in total. The second-order valence-corrected chi connectivity index (χ2v) is 4.91. The summed E-state index contributed by atoms with van der Waals surface area (Å²) in [4.78, 5) is 11.6. The predicted octanol–water partition coefficient (Wildman–Crippen LogP) is 2.34. The molecule has 0 heterocycles. The molecule has 21 heavy (non-hydrogen) atoms. The molecule has 1 aromatic carbocycles. The number of nitrogens with one attached hydrogen (secondary N) is 2. The van der Waals surface area contributed by atoms with Crippen LogP contribution in [0.25, 0.3) is 0 Å². The highest BCUT2D eigenvalue weighted by molar-refractivity contribution is 5.76. The number of halogens is 3. The van der Waals surface area contributed by atoms with Gasteiger partial charge in [0.15, 0.2) is 0 Å². The summed E-state index contributed by atoms with van der Waals surface area (Å²) in [5, 5.41) is 5.79. The van der Waals surface area contributed by atoms with Gasteiger partial charge in [-0.15, -0.1) is 13.2 Å². The fourth-order valence-electron chi connectivity index (χ4n) is 1.83. The first kappa shape index (κ1) is 15.6. The van der Waals surface area contributed by atoms with Crippen LogP contribution < -0.4 is 15.4 Å². The third-order valence-corrected chi connectivity index (χ3v) is 3.04. The lowest BCUT2D eigenvalue weighted by Crippen LogP contribution is -2.28. The Bertz CT molecular complexity index is 487. The van der Waals surface area contributed by atoms with E-state index >= 15 is 0 Å². The molecule has 0 saturated heterocycles. The Morgan fingerprint density at radius 3 is 2.67 bits per heavy atom. The summed E-state index contributed by atoms with van der Waals surface area (Å²) in [6.07, 6.45) is -2.15. The Morgan fingerprint density at radius 1 is 1.29 bits per heavy atom. The molecule has 7 heteroatoms. The predicted molar refractivity (Wildman–Crippen MR) is 70.6 cm³/mol. The van der Waals surface area contributed by atoms with E-state index in [4.69, 9.17) is 0 Å². The molecule has 1 saturated carbocycles. The van der Waals surface area contributed by atoms with E-state index in [2.05, 4.69) is 15.4 Å². The quantitative estimate of drug-likeness (QED) is 0.813. The molecule has 1 amide bonds. The maximum atomic E-state index is 12.3. The number of carbonyl (C=O) groups excluding carboxylic acids is 1. The first-order valence-electron chi connectivity index (χ1n) is 6.78. The second-order valence-electron chi connectivity index (χ2n) is 4.91. The highest BCUT2D eigenvalue weighted by Gasteiger charge is 2.31. The number of amides is 1. The lowest BCUT2D eigenvalue weighted by atomic mass is 10.2. The molecule has 0 unspecified atom stereocenters. The summed E-state index contributed by atoms with van der Waals surface area (Å²) < 4.78 is 40.7. The monoisotopic (exact) mass is 302 g/mol. The van der Waals surface area contributed by atoms with Gasteiger partial charge in [-0.2, -0.15) is 0 Å². The minimum absolute atomic E-state index is 0.00845. The van der Waals surface area contributed by atoms with Crippen molar-refractivity contribution in [2.75, 3.05) is 6.54 Å². The van der Waals surface area contributed by atoms with Crippen LogP contribution in [0.2, 0.25) is 0 Å². The molecule has 1 aliphatic carbocycles. The van der Waals surface area contributed by atoms with Crippen LogP contribution >= 0.6 is 0 Å². The van der Waals surface area contributed by atoms with Gasteiger partial charge in [0, 0.05) is 31.1 Å². The van der Waals surface area contributed by atoms with Crippen LogP contribution in [-0.2, 0) is 11.3 Å². The molecule has 1 fully saturated rings. The van der Waals surface area contributed by atoms with E-state index in [1.54, 1.807) is 6.07 Å². The zero-order chi connectivity index (χ0) is 15.3. The summed E-state index contributed by atoms with van der Waals surface area (Å²) >= 11 is 0. The molecule has 116 valence electrons. The Labute approximate surface area is 120 Å². The van der Waals surface area contributed by atoms with Gasteiger partial charge in [-0.3, -0.25) is 4.79 Å². The van der Waals surface area contributed by atoms with Crippen molar-refractivity contribution in [3.05, 3.63) is 29.8 Å². The van der Waals surface area contributed by atoms with Crippen LogP contribution in [0.5, 0.6) is 5.75 Å². The van der Waals surface area contributed by atoms with Crippen molar-refractivity contribution in [2.24, 2.45) is 0 Å². The summed E-state index contributed by atoms with van der Waals surface area (Å²) in [5.41, 5.74) is 0.290. The molecular formula is C14H17F3N2O2. The van der Waals surface area contributed by atoms with Crippen LogP contribution in [-0.4, -0.2) is 24.9 Å². The van der Waals surface area contributed by atoms with E-state index in [0.29, 0.717) is 24.6 Å². The van der Waals surface area contributed by atoms with Crippen LogP contribution in [0.1, 0.15) is 24.8 Å². The molecule has 0 aliphatic heterocycles. The van der Waals surface area contributed by atoms with Gasteiger partial charge in [0.1, 0.15) is 5.75 Å². The van der Waals surface area contributed by atoms with Crippen LogP contribution in [0.3, 0.4) is 0 Å². The van der Waals surface area contributed by atoms with Gasteiger partial charge in [-0.25, -0.2) is 0 Å². The van der Waals surface area contributed by atoms with Crippen molar-refractivity contribution in [1.29, 1.82) is 0 Å². The molecule has 0 radical (unpaired) electrons. The summed E-state index contributed by atoms with van der Waals surface area (Å²) in [6.45, 7) is 0.589. The highest BCUT2D eigenvalue weighted by atomic mass is 19.4. The minimum Gasteiger partial charge on any atom is -0.405 e. The van der Waals surface area contributed by atoms with Crippen molar-refractivity contribution >= 4 is 5.91 Å². The molecular weight excluding hydrogens is 285 g/mol. The minimum atomic E-state index is -4.74. The van der Waals surface area contributed by atoms with Crippen LogP contribution in [0, 0.1) is 0 Å². The number of ether oxygens (including phenoxy) is 1. The first-order chi connectivity index (χ1) is 9.94. The fraction of sp³-hybridized carbons (Fsp3) is 0.500. The lowest BCUT2D eigenvalue weighted by Gasteiger charge is -2.13. The van der Waals surface area contributed by atoms with Gasteiger partial charge < -0.3 is 15.4 Å². The normalized spacial score (nSPS) is 14.8. The van der Waals surface area contributed by atoms with E-state index < -0.39 is 6.36 Å². The van der Waals surface area contributed by atoms with Crippen molar-refractivity contribution in [1.82, 2.24) is 10.6 Å². The zero-order valence-corrected chi connectivity index (χ0v) is 11.4. The number of para-hydroxylation sites is 1. The molecule has 0 atom stereocenters. The van der Waals surface area contributed by atoms with Gasteiger partial charge in [0.05, 0.1) is 0 Å². The van der Waals surface area contributed by atoms with E-state index in [0.717, 1.165) is 12.8 Å². The topological polar surface area (TPSA) is 50.4 Å². The highest BCUT2D eigenvalue weighted by Crippen LogP contribution is 2.26. The maximum Gasteiger partial charge on any atom is 0.573 e. The molecule has 0 bridgehead atoms. The fourth-order valence-corrected chi connectivity index (χ4v) is 1.83. The Balaban J connectivity index is 1.79. The van der Waals surface area contributed by atoms with Crippen molar-refractivity contribution in [3.8, 4) is 5.75 Å². The summed E-state index contributed by atoms with van der Waals surface area (Å²) in [6, 6.07) is 6.29. The van der Waals surface area contributed by atoms with Crippen LogP contribution in [0.4, 0.5) is 13.2 Å². The largest absolute Gasteiger partial charge is 0.573 e. The lowest BCUT2D eigenvalue weighted by molar-refractivity contribution is -0.274. The number of rotatable bonds is 7. The van der Waals surface area contributed by atoms with E-state index in [-0.39, 0.29) is 18.2 Å². The summed E-state index contributed by atoms with van der Waals surface area (Å²) in [7, 11) is 0. The Hall–Kier alpha value is -1.76. The van der Waals surface area contributed by atoms with E-state index in [9.17, 15) is 18.0 Å². The standard InChI is InChI=1S/C14H17F3N2O2/c15-14(16,17)21-12-4-2-1-3-10(12)9-19-13(20)7-8-18-11-5-6-11/h1-4,11,18H,5-9H2,(H,19,20). The third kappa shape index (κ3) is 6.03. The molecule has 0 spiro atoms. The number of carbonyl (C=O) groups is 1. The Kier molecular flexibility index (Phi) is 5.06. The maximum absolute atomic E-state index is 12.3. The number of hydrogen-bond donors (Lipinski definition) is 2. The molecule has 2 rings (SSSR count). The average Bonchev–Trinajstić information content (AvgIpc) is 3.20. The number of hydrogen-bond acceptors (Lipinski definition) is 3. The second kappa shape index (κ2) is 6.80. The smallest absolute Gasteiger partial charge is 0.405 e. The van der Waals surface area contributed by atoms with Gasteiger partial charge in [-0.1, -0.05) is 18.2 Å². The zero-order valence-electron chi connectivity index (χ0n) is 11.4. The Morgan fingerprint density at radius 2 is 2.00 bits per heavy atom. The van der Waals surface area contributed by atoms with Gasteiger partial charge in [0.2, 0.25) is 5.91 Å².